The molecule has 1 saturated heterocycles. The third-order valence-corrected chi connectivity index (χ3v) is 5.81. The van der Waals surface area contributed by atoms with E-state index in [-0.39, 0.29) is 11.6 Å². The molecule has 7 heteroatoms. The smallest absolute Gasteiger partial charge is 0.224 e. The van der Waals surface area contributed by atoms with Gasteiger partial charge in [-0.3, -0.25) is 9.69 Å². The van der Waals surface area contributed by atoms with Crippen LogP contribution in [0.15, 0.2) is 42.5 Å². The van der Waals surface area contributed by atoms with Crippen molar-refractivity contribution in [2.45, 2.75) is 32.2 Å². The first kappa shape index (κ1) is 19.0. The Balaban J connectivity index is 1.27. The predicted octanol–water partition coefficient (Wildman–Crippen LogP) is 4.46. The number of nitrogens with one attached hydrogen (secondary N) is 1. The summed E-state index contributed by atoms with van der Waals surface area (Å²) < 4.78 is 22.2. The lowest BCUT2D eigenvalue weighted by atomic mass is 9.93. The number of anilines is 1. The SMILES string of the molecule is O=C(CC[C@H]1CCCN(Cc2ccc3nsnc3c2)C1)Nc1ccccc1F. The van der Waals surface area contributed by atoms with Gasteiger partial charge in [-0.05, 0) is 61.6 Å². The Morgan fingerprint density at radius 3 is 2.96 bits per heavy atom. The summed E-state index contributed by atoms with van der Waals surface area (Å²) in [4.78, 5) is 14.6. The van der Waals surface area contributed by atoms with Gasteiger partial charge in [-0.2, -0.15) is 8.75 Å². The molecular formula is C21H23FN4OS. The van der Waals surface area contributed by atoms with E-state index in [1.54, 1.807) is 18.2 Å². The lowest BCUT2D eigenvalue weighted by Crippen LogP contribution is -2.35. The van der Waals surface area contributed by atoms with Gasteiger partial charge in [0.1, 0.15) is 16.9 Å². The van der Waals surface area contributed by atoms with Crippen LogP contribution in [-0.2, 0) is 11.3 Å². The van der Waals surface area contributed by atoms with Gasteiger partial charge in [0.15, 0.2) is 0 Å². The van der Waals surface area contributed by atoms with Gasteiger partial charge >= 0.3 is 0 Å². The van der Waals surface area contributed by atoms with Crippen LogP contribution in [0.1, 0.15) is 31.2 Å². The third-order valence-electron chi connectivity index (χ3n) is 5.26. The second kappa shape index (κ2) is 8.75. The number of likely N-dealkylation sites (tertiary alicyclic amines) is 1. The van der Waals surface area contributed by atoms with Gasteiger partial charge < -0.3 is 5.32 Å². The molecule has 1 atom stereocenters. The molecule has 146 valence electrons. The lowest BCUT2D eigenvalue weighted by Gasteiger charge is -2.32. The van der Waals surface area contributed by atoms with E-state index in [9.17, 15) is 9.18 Å². The van der Waals surface area contributed by atoms with Crippen LogP contribution >= 0.6 is 11.7 Å². The number of fused-ring (bicyclic) bond motifs is 1. The van der Waals surface area contributed by atoms with Gasteiger partial charge in [0.25, 0.3) is 0 Å². The molecule has 0 saturated carbocycles. The number of halogens is 1. The van der Waals surface area contributed by atoms with Crippen molar-refractivity contribution in [1.29, 1.82) is 0 Å². The zero-order valence-electron chi connectivity index (χ0n) is 15.6. The second-order valence-corrected chi connectivity index (χ2v) is 7.93. The number of amides is 1. The Morgan fingerprint density at radius 1 is 1.21 bits per heavy atom. The Kier molecular flexibility index (Phi) is 5.92. The first-order valence-corrected chi connectivity index (χ1v) is 10.4. The molecule has 1 aliphatic rings. The van der Waals surface area contributed by atoms with E-state index >= 15 is 0 Å². The zero-order chi connectivity index (χ0) is 19.3. The van der Waals surface area contributed by atoms with Gasteiger partial charge in [0.05, 0.1) is 17.4 Å². The van der Waals surface area contributed by atoms with Crippen molar-refractivity contribution < 1.29 is 9.18 Å². The molecule has 28 heavy (non-hydrogen) atoms. The number of hydrogen-bond donors (Lipinski definition) is 1. The minimum Gasteiger partial charge on any atom is -0.324 e. The van der Waals surface area contributed by atoms with Gasteiger partial charge in [-0.25, -0.2) is 4.39 Å². The van der Waals surface area contributed by atoms with E-state index in [0.29, 0.717) is 12.3 Å². The Morgan fingerprint density at radius 2 is 2.07 bits per heavy atom. The van der Waals surface area contributed by atoms with E-state index in [0.717, 1.165) is 49.9 Å². The van der Waals surface area contributed by atoms with Gasteiger partial charge in [-0.15, -0.1) is 0 Å². The molecule has 1 fully saturated rings. The molecule has 2 aromatic carbocycles. The van der Waals surface area contributed by atoms with Crippen molar-refractivity contribution in [2.75, 3.05) is 18.4 Å². The van der Waals surface area contributed by atoms with E-state index in [1.165, 1.54) is 23.4 Å². The topological polar surface area (TPSA) is 58.1 Å². The molecule has 0 bridgehead atoms. The standard InChI is InChI=1S/C21H23FN4OS/c22-17-5-1-2-6-18(17)23-21(27)10-8-15-4-3-11-26(13-15)14-16-7-9-19-20(12-16)25-28-24-19/h1-2,5-7,9,12,15H,3-4,8,10-11,13-14H2,(H,23,27)/t15-/m1/s1. The van der Waals surface area contributed by atoms with Crippen molar-refractivity contribution in [3.05, 3.63) is 53.8 Å². The predicted molar refractivity (Wildman–Crippen MR) is 110 cm³/mol. The summed E-state index contributed by atoms with van der Waals surface area (Å²) in [5, 5.41) is 2.68. The average Bonchev–Trinajstić information content (AvgIpc) is 3.16. The highest BCUT2D eigenvalue weighted by atomic mass is 32.1. The fourth-order valence-corrected chi connectivity index (χ4v) is 4.34. The fraction of sp³-hybridized carbons (Fsp3) is 0.381. The van der Waals surface area contributed by atoms with E-state index < -0.39 is 5.82 Å². The number of benzene rings is 2. The minimum atomic E-state index is -0.396. The number of rotatable bonds is 6. The monoisotopic (exact) mass is 398 g/mol. The first-order chi connectivity index (χ1) is 13.7. The summed E-state index contributed by atoms with van der Waals surface area (Å²) in [6, 6.07) is 12.5. The van der Waals surface area contributed by atoms with Crippen LogP contribution in [-0.4, -0.2) is 32.6 Å². The highest BCUT2D eigenvalue weighted by Crippen LogP contribution is 2.24. The van der Waals surface area contributed by atoms with Crippen LogP contribution in [0.2, 0.25) is 0 Å². The highest BCUT2D eigenvalue weighted by molar-refractivity contribution is 7.00. The molecule has 0 aliphatic carbocycles. The summed E-state index contributed by atoms with van der Waals surface area (Å²) in [5.74, 6) is -0.0273. The van der Waals surface area contributed by atoms with Crippen molar-refractivity contribution in [2.24, 2.45) is 5.92 Å². The van der Waals surface area contributed by atoms with Crippen molar-refractivity contribution in [1.82, 2.24) is 13.6 Å². The van der Waals surface area contributed by atoms with Gasteiger partial charge in [-0.1, -0.05) is 18.2 Å². The molecule has 0 radical (unpaired) electrons. The Bertz CT molecular complexity index is 960. The number of para-hydroxylation sites is 1. The number of piperidine rings is 1. The molecule has 1 N–H and O–H groups in total. The molecule has 5 nitrogen and oxygen atoms in total. The maximum absolute atomic E-state index is 13.7. The molecule has 2 heterocycles. The summed E-state index contributed by atoms with van der Waals surface area (Å²) in [7, 11) is 0. The van der Waals surface area contributed by atoms with Gasteiger partial charge in [0, 0.05) is 19.5 Å². The third kappa shape index (κ3) is 4.72. The largest absolute Gasteiger partial charge is 0.324 e. The number of carbonyl (C=O) groups excluding carboxylic acids is 1. The summed E-state index contributed by atoms with van der Waals surface area (Å²) in [5.41, 5.74) is 3.41. The van der Waals surface area contributed by atoms with Crippen molar-refractivity contribution in [3.63, 3.8) is 0 Å². The maximum Gasteiger partial charge on any atom is 0.224 e. The van der Waals surface area contributed by atoms with Crippen molar-refractivity contribution >= 4 is 34.4 Å². The maximum atomic E-state index is 13.7. The van der Waals surface area contributed by atoms with E-state index in [1.807, 2.05) is 6.07 Å². The first-order valence-electron chi connectivity index (χ1n) is 9.65. The Labute approximate surface area is 167 Å². The summed E-state index contributed by atoms with van der Waals surface area (Å²) in [6.45, 7) is 2.96. The number of hydrogen-bond acceptors (Lipinski definition) is 5. The fourth-order valence-electron chi connectivity index (χ4n) is 3.83. The number of nitrogens with zero attached hydrogens (tertiary/aromatic N) is 3. The molecule has 4 rings (SSSR count). The van der Waals surface area contributed by atoms with Crippen LogP contribution in [0.3, 0.4) is 0 Å². The quantitative estimate of drug-likeness (QED) is 0.666. The molecule has 3 aromatic rings. The molecule has 0 spiro atoms. The van der Waals surface area contributed by atoms with Crippen LogP contribution < -0.4 is 5.32 Å². The average molecular weight is 399 g/mol. The number of carbonyl (C=O) groups is 1. The van der Waals surface area contributed by atoms with Gasteiger partial charge in [0.2, 0.25) is 5.91 Å². The second-order valence-electron chi connectivity index (χ2n) is 7.40. The normalized spacial score (nSPS) is 17.7. The minimum absolute atomic E-state index is 0.122. The van der Waals surface area contributed by atoms with E-state index in [4.69, 9.17) is 0 Å². The molecule has 1 amide bonds. The van der Waals surface area contributed by atoms with Crippen LogP contribution in [0.4, 0.5) is 10.1 Å². The summed E-state index contributed by atoms with van der Waals surface area (Å²) in [6.07, 6.45) is 3.52. The Hall–Kier alpha value is -2.38. The zero-order valence-corrected chi connectivity index (χ0v) is 16.4. The van der Waals surface area contributed by atoms with Crippen LogP contribution in [0.5, 0.6) is 0 Å². The van der Waals surface area contributed by atoms with E-state index in [2.05, 4.69) is 31.1 Å². The molecule has 0 unspecified atom stereocenters. The lowest BCUT2D eigenvalue weighted by molar-refractivity contribution is -0.116. The number of aromatic nitrogens is 2. The van der Waals surface area contributed by atoms with Crippen LogP contribution in [0.25, 0.3) is 11.0 Å². The molecule has 1 aliphatic heterocycles. The molecule has 1 aromatic heterocycles. The summed E-state index contributed by atoms with van der Waals surface area (Å²) >= 11 is 1.24. The highest BCUT2D eigenvalue weighted by Gasteiger charge is 2.21. The van der Waals surface area contributed by atoms with Crippen molar-refractivity contribution in [3.8, 4) is 0 Å². The molecular weight excluding hydrogens is 375 g/mol. The van der Waals surface area contributed by atoms with Crippen LogP contribution in [0, 0.1) is 11.7 Å².